The fourth-order valence-electron chi connectivity index (χ4n) is 1.48. The molecule has 9 heteroatoms. The van der Waals surface area contributed by atoms with Gasteiger partial charge in [0.05, 0.1) is 19.3 Å². The Labute approximate surface area is 170 Å². The minimum atomic E-state index is -0.667. The largest absolute Gasteiger partial charge is 0.465 e. The molecule has 0 aromatic heterocycles. The van der Waals surface area contributed by atoms with Crippen molar-refractivity contribution in [1.82, 2.24) is 0 Å². The summed E-state index contributed by atoms with van der Waals surface area (Å²) in [6.45, 7) is 8.14. The van der Waals surface area contributed by atoms with Crippen LogP contribution in [0.25, 0.3) is 0 Å². The van der Waals surface area contributed by atoms with Crippen molar-refractivity contribution in [3.05, 3.63) is 0 Å². The maximum absolute atomic E-state index is 11.3. The first-order valence-corrected chi connectivity index (χ1v) is 9.57. The predicted octanol–water partition coefficient (Wildman–Crippen LogP) is 2.67. The first-order chi connectivity index (χ1) is 12.8. The Bertz CT molecular complexity index is 420. The third-order valence-electron chi connectivity index (χ3n) is 2.76. The molecule has 0 heterocycles. The molecule has 0 aliphatic heterocycles. The van der Waals surface area contributed by atoms with Crippen molar-refractivity contribution >= 4 is 33.7 Å². The van der Waals surface area contributed by atoms with Gasteiger partial charge in [-0.1, -0.05) is 29.8 Å². The first-order valence-electron chi connectivity index (χ1n) is 8.65. The van der Waals surface area contributed by atoms with Gasteiger partial charge in [-0.05, 0) is 26.7 Å². The van der Waals surface area contributed by atoms with Crippen molar-refractivity contribution in [2.45, 2.75) is 45.4 Å². The van der Waals surface area contributed by atoms with E-state index >= 15 is 0 Å². The number of methoxy groups -OCH3 is 2. The fraction of sp³-hybridized carbons (Fsp3) is 0.778. The monoisotopic (exact) mass is 453 g/mol. The lowest BCUT2D eigenvalue weighted by Crippen LogP contribution is -2.28. The van der Waals surface area contributed by atoms with Crippen LogP contribution in [0.3, 0.4) is 0 Å². The Morgan fingerprint density at radius 3 is 1.74 bits per heavy atom. The highest BCUT2D eigenvalue weighted by Crippen LogP contribution is 2.07. The van der Waals surface area contributed by atoms with Gasteiger partial charge in [0.25, 0.3) is 0 Å². The molecule has 0 aliphatic carbocycles. The Morgan fingerprint density at radius 1 is 0.926 bits per heavy atom. The Morgan fingerprint density at radius 2 is 1.44 bits per heavy atom. The van der Waals surface area contributed by atoms with E-state index in [0.717, 1.165) is 6.42 Å². The van der Waals surface area contributed by atoms with E-state index in [0.29, 0.717) is 19.6 Å². The van der Waals surface area contributed by atoms with Crippen molar-refractivity contribution in [2.24, 2.45) is 5.92 Å². The molecule has 0 aliphatic rings. The molecule has 0 fully saturated rings. The van der Waals surface area contributed by atoms with Crippen LogP contribution in [-0.2, 0) is 33.3 Å². The van der Waals surface area contributed by atoms with Crippen molar-refractivity contribution in [2.75, 3.05) is 40.6 Å². The van der Waals surface area contributed by atoms with Crippen LogP contribution in [0.5, 0.6) is 0 Å². The highest BCUT2D eigenvalue weighted by atomic mass is 79.9. The molecule has 0 rings (SSSR count). The number of ether oxygens (including phenoxy) is 4. The summed E-state index contributed by atoms with van der Waals surface area (Å²) in [7, 11) is 2.92. The van der Waals surface area contributed by atoms with Crippen molar-refractivity contribution in [1.29, 1.82) is 5.26 Å². The summed E-state index contributed by atoms with van der Waals surface area (Å²) in [5, 5.41) is 7.69. The standard InChI is InChI=1S/C9H16O4.C6H11BrO2.C3H5NO/c1-4-7(8(10)6-12-3)9(11)13-5-2;1-3-5(7)6(8)9-4-2;1-5-3-2-4/h7H,4-6H2,1-3H3;5H,3-4H2,1-2H3;3H2,1H3. The van der Waals surface area contributed by atoms with E-state index in [1.165, 1.54) is 14.2 Å². The minimum absolute atomic E-state index is 0.0304. The number of ketones is 1. The summed E-state index contributed by atoms with van der Waals surface area (Å²) in [5.41, 5.74) is 0. The molecule has 0 amide bonds. The number of halogens is 1. The van der Waals surface area contributed by atoms with Crippen molar-refractivity contribution in [3.63, 3.8) is 0 Å². The average Bonchev–Trinajstić information content (AvgIpc) is 2.64. The van der Waals surface area contributed by atoms with Crippen LogP contribution in [0.4, 0.5) is 0 Å². The molecule has 158 valence electrons. The lowest BCUT2D eigenvalue weighted by atomic mass is 10.0. The van der Waals surface area contributed by atoms with Crippen molar-refractivity contribution in [3.8, 4) is 6.07 Å². The zero-order valence-electron chi connectivity index (χ0n) is 17.1. The van der Waals surface area contributed by atoms with Crippen LogP contribution in [0.15, 0.2) is 0 Å². The van der Waals surface area contributed by atoms with Crippen molar-refractivity contribution < 1.29 is 33.3 Å². The van der Waals surface area contributed by atoms with E-state index in [1.807, 2.05) is 6.92 Å². The van der Waals surface area contributed by atoms with Gasteiger partial charge in [0.15, 0.2) is 5.78 Å². The lowest BCUT2D eigenvalue weighted by molar-refractivity contribution is -0.152. The SMILES string of the molecule is CCOC(=O)C(Br)CC.CCOC(=O)C(CC)C(=O)COC.COCC#N. The Hall–Kier alpha value is -1.50. The van der Waals surface area contributed by atoms with E-state index in [9.17, 15) is 14.4 Å². The normalized spacial score (nSPS) is 11.3. The molecule has 0 aromatic carbocycles. The average molecular weight is 454 g/mol. The summed E-state index contributed by atoms with van der Waals surface area (Å²) in [4.78, 5) is 33.0. The van der Waals surface area contributed by atoms with E-state index in [-0.39, 0.29) is 29.8 Å². The van der Waals surface area contributed by atoms with Gasteiger partial charge >= 0.3 is 11.9 Å². The van der Waals surface area contributed by atoms with Crippen LogP contribution >= 0.6 is 15.9 Å². The molecule has 0 N–H and O–H groups in total. The zero-order valence-corrected chi connectivity index (χ0v) is 18.7. The molecule has 0 saturated carbocycles. The Balaban J connectivity index is -0.000000356. The molecular weight excluding hydrogens is 422 g/mol. The summed E-state index contributed by atoms with van der Waals surface area (Å²) in [6.07, 6.45) is 1.24. The number of rotatable bonds is 10. The van der Waals surface area contributed by atoms with Gasteiger partial charge in [-0.2, -0.15) is 5.26 Å². The molecule has 2 unspecified atom stereocenters. The zero-order chi connectivity index (χ0) is 21.7. The highest BCUT2D eigenvalue weighted by Gasteiger charge is 2.25. The van der Waals surface area contributed by atoms with Crippen LogP contribution in [0.1, 0.15) is 40.5 Å². The van der Waals surface area contributed by atoms with Crippen LogP contribution in [0.2, 0.25) is 0 Å². The molecule has 2 atom stereocenters. The predicted molar refractivity (Wildman–Crippen MR) is 104 cm³/mol. The van der Waals surface area contributed by atoms with E-state index in [1.54, 1.807) is 26.8 Å². The number of carbonyl (C=O) groups excluding carboxylic acids is 3. The summed E-state index contributed by atoms with van der Waals surface area (Å²) in [6, 6.07) is 1.80. The molecule has 0 saturated heterocycles. The van der Waals surface area contributed by atoms with Gasteiger partial charge in [-0.15, -0.1) is 0 Å². The number of hydrogen-bond donors (Lipinski definition) is 0. The van der Waals surface area contributed by atoms with Crippen LogP contribution in [-0.4, -0.2) is 63.2 Å². The summed E-state index contributed by atoms with van der Waals surface area (Å²) < 4.78 is 18.4. The summed E-state index contributed by atoms with van der Waals surface area (Å²) >= 11 is 3.17. The van der Waals surface area contributed by atoms with Crippen LogP contribution in [0, 0.1) is 17.2 Å². The second-order valence-corrected chi connectivity index (χ2v) is 5.94. The number of hydrogen-bond acceptors (Lipinski definition) is 8. The molecule has 0 radical (unpaired) electrons. The Kier molecular flexibility index (Phi) is 25.2. The topological polar surface area (TPSA) is 112 Å². The fourth-order valence-corrected chi connectivity index (χ4v) is 1.61. The summed E-state index contributed by atoms with van der Waals surface area (Å²) in [5.74, 6) is -1.50. The van der Waals surface area contributed by atoms with Crippen LogP contribution < -0.4 is 0 Å². The number of nitriles is 1. The van der Waals surface area contributed by atoms with Gasteiger partial charge in [-0.3, -0.25) is 14.4 Å². The van der Waals surface area contributed by atoms with Gasteiger partial charge in [-0.25, -0.2) is 0 Å². The number of esters is 2. The van der Waals surface area contributed by atoms with Gasteiger partial charge in [0.2, 0.25) is 0 Å². The minimum Gasteiger partial charge on any atom is -0.465 e. The molecular formula is C18H32BrNO7. The number of alkyl halides is 1. The third kappa shape index (κ3) is 19.1. The van der Waals surface area contributed by atoms with E-state index < -0.39 is 11.9 Å². The third-order valence-corrected chi connectivity index (χ3v) is 3.79. The van der Waals surface area contributed by atoms with E-state index in [2.05, 4.69) is 25.4 Å². The van der Waals surface area contributed by atoms with E-state index in [4.69, 9.17) is 14.7 Å². The lowest BCUT2D eigenvalue weighted by Gasteiger charge is -2.11. The molecule has 0 spiro atoms. The maximum atomic E-state index is 11.3. The molecule has 0 bridgehead atoms. The van der Waals surface area contributed by atoms with Gasteiger partial charge < -0.3 is 18.9 Å². The van der Waals surface area contributed by atoms with Gasteiger partial charge in [0.1, 0.15) is 24.0 Å². The smallest absolute Gasteiger partial charge is 0.319 e. The molecule has 0 aromatic rings. The second-order valence-electron chi connectivity index (χ2n) is 4.83. The van der Waals surface area contributed by atoms with Gasteiger partial charge in [0, 0.05) is 14.2 Å². The molecule has 27 heavy (non-hydrogen) atoms. The number of carbonyl (C=O) groups is 3. The first kappa shape index (κ1) is 30.2. The quantitative estimate of drug-likeness (QED) is 0.281. The molecule has 8 nitrogen and oxygen atoms in total. The second kappa shape index (κ2) is 22.5. The number of Topliss-reactive ketones (excluding diaryl/α,β-unsaturated/α-hetero) is 1. The highest BCUT2D eigenvalue weighted by molar-refractivity contribution is 9.10. The maximum Gasteiger partial charge on any atom is 0.319 e. The number of nitrogens with zero attached hydrogens (tertiary/aromatic N) is 1.